The van der Waals surface area contributed by atoms with Gasteiger partial charge in [-0.25, -0.2) is 4.98 Å². The average molecular weight is 317 g/mol. The summed E-state index contributed by atoms with van der Waals surface area (Å²) in [5.74, 6) is 0.420. The van der Waals surface area contributed by atoms with Crippen LogP contribution >= 0.6 is 22.7 Å². The van der Waals surface area contributed by atoms with Crippen molar-refractivity contribution < 1.29 is 4.79 Å². The summed E-state index contributed by atoms with van der Waals surface area (Å²) < 4.78 is 2.00. The van der Waals surface area contributed by atoms with Crippen LogP contribution in [0.3, 0.4) is 0 Å². The molecule has 0 saturated carbocycles. The standard InChI is InChI=1S/C13H11N5OS2/c1-6-7(2)16-17-10(6)14-11(19)9-5-8-12(21-9)15-13-18(8)3-4-20-13/h3-5H,1-2H3,(H2,14,16,17,19). The van der Waals surface area contributed by atoms with Gasteiger partial charge in [-0.2, -0.15) is 5.10 Å². The van der Waals surface area contributed by atoms with Gasteiger partial charge in [0.1, 0.15) is 4.83 Å². The van der Waals surface area contributed by atoms with Crippen molar-refractivity contribution in [3.8, 4) is 0 Å². The van der Waals surface area contributed by atoms with E-state index in [0.717, 1.165) is 26.6 Å². The molecule has 6 nitrogen and oxygen atoms in total. The second-order valence-electron chi connectivity index (χ2n) is 4.74. The van der Waals surface area contributed by atoms with Crippen LogP contribution in [-0.2, 0) is 0 Å². The fraction of sp³-hybridized carbons (Fsp3) is 0.154. The topological polar surface area (TPSA) is 75.1 Å². The fourth-order valence-electron chi connectivity index (χ4n) is 2.14. The summed E-state index contributed by atoms with van der Waals surface area (Å²) in [5.41, 5.74) is 2.87. The molecule has 21 heavy (non-hydrogen) atoms. The van der Waals surface area contributed by atoms with Crippen LogP contribution in [0.4, 0.5) is 5.82 Å². The number of aryl methyl sites for hydroxylation is 1. The Hall–Kier alpha value is -2.19. The van der Waals surface area contributed by atoms with E-state index in [1.54, 1.807) is 11.3 Å². The molecule has 0 aliphatic carbocycles. The van der Waals surface area contributed by atoms with Crippen LogP contribution in [0.5, 0.6) is 0 Å². The largest absolute Gasteiger partial charge is 0.304 e. The second-order valence-corrected chi connectivity index (χ2v) is 6.65. The quantitative estimate of drug-likeness (QED) is 0.596. The van der Waals surface area contributed by atoms with Crippen molar-refractivity contribution in [3.05, 3.63) is 33.8 Å². The number of thiophene rings is 1. The Balaban J connectivity index is 1.70. The number of aromatic nitrogens is 4. The highest BCUT2D eigenvalue weighted by molar-refractivity contribution is 7.21. The van der Waals surface area contributed by atoms with Crippen LogP contribution < -0.4 is 5.32 Å². The molecule has 0 spiro atoms. The third kappa shape index (κ3) is 1.87. The lowest BCUT2D eigenvalue weighted by Gasteiger charge is -2.00. The number of imidazole rings is 1. The SMILES string of the molecule is Cc1[nH]nc(NC(=O)c2cc3c(nc4sccn43)s2)c1C. The predicted octanol–water partition coefficient (Wildman–Crippen LogP) is 3.20. The molecule has 0 saturated heterocycles. The Labute approximate surface area is 127 Å². The van der Waals surface area contributed by atoms with Crippen molar-refractivity contribution in [2.45, 2.75) is 13.8 Å². The number of nitrogens with zero attached hydrogens (tertiary/aromatic N) is 3. The van der Waals surface area contributed by atoms with Crippen LogP contribution in [0.15, 0.2) is 17.6 Å². The zero-order valence-corrected chi connectivity index (χ0v) is 12.9. The van der Waals surface area contributed by atoms with Gasteiger partial charge < -0.3 is 5.32 Å². The summed E-state index contributed by atoms with van der Waals surface area (Å²) in [6, 6.07) is 1.87. The van der Waals surface area contributed by atoms with Crippen LogP contribution in [0, 0.1) is 13.8 Å². The Morgan fingerprint density at radius 3 is 3.05 bits per heavy atom. The van der Waals surface area contributed by atoms with E-state index in [1.165, 1.54) is 11.3 Å². The first-order valence-corrected chi connectivity index (χ1v) is 8.01. The molecule has 2 N–H and O–H groups in total. The van der Waals surface area contributed by atoms with Gasteiger partial charge in [-0.05, 0) is 19.9 Å². The minimum absolute atomic E-state index is 0.156. The van der Waals surface area contributed by atoms with E-state index in [0.29, 0.717) is 10.7 Å². The van der Waals surface area contributed by atoms with E-state index in [1.807, 2.05) is 35.9 Å². The number of H-pyrrole nitrogens is 1. The highest BCUT2D eigenvalue weighted by atomic mass is 32.1. The maximum Gasteiger partial charge on any atom is 0.267 e. The normalized spacial score (nSPS) is 11.5. The zero-order chi connectivity index (χ0) is 14.6. The molecule has 4 aromatic heterocycles. The highest BCUT2D eigenvalue weighted by Crippen LogP contribution is 2.28. The number of hydrogen-bond donors (Lipinski definition) is 2. The molecular weight excluding hydrogens is 306 g/mol. The molecule has 0 aliphatic heterocycles. The second kappa shape index (κ2) is 4.40. The first-order chi connectivity index (χ1) is 10.1. The Bertz CT molecular complexity index is 974. The molecule has 0 radical (unpaired) electrons. The monoisotopic (exact) mass is 317 g/mol. The van der Waals surface area contributed by atoms with E-state index in [9.17, 15) is 4.79 Å². The van der Waals surface area contributed by atoms with Gasteiger partial charge in [-0.1, -0.05) is 0 Å². The molecule has 0 atom stereocenters. The first kappa shape index (κ1) is 12.5. The molecule has 4 heterocycles. The molecule has 0 aliphatic rings. The van der Waals surface area contributed by atoms with Gasteiger partial charge in [0.05, 0.1) is 10.4 Å². The lowest BCUT2D eigenvalue weighted by atomic mass is 10.3. The predicted molar refractivity (Wildman–Crippen MR) is 84.5 cm³/mol. The lowest BCUT2D eigenvalue weighted by molar-refractivity contribution is 0.103. The molecule has 0 unspecified atom stereocenters. The van der Waals surface area contributed by atoms with E-state index in [-0.39, 0.29) is 5.91 Å². The molecule has 1 amide bonds. The van der Waals surface area contributed by atoms with Gasteiger partial charge in [-0.3, -0.25) is 14.3 Å². The molecule has 4 rings (SSSR count). The molecule has 0 aromatic carbocycles. The van der Waals surface area contributed by atoms with Gasteiger partial charge in [0.15, 0.2) is 10.8 Å². The number of amides is 1. The van der Waals surface area contributed by atoms with Crippen LogP contribution in [-0.4, -0.2) is 25.5 Å². The summed E-state index contributed by atoms with van der Waals surface area (Å²) in [7, 11) is 0. The molecular formula is C13H11N5OS2. The van der Waals surface area contributed by atoms with Gasteiger partial charge in [0.2, 0.25) is 0 Å². The van der Waals surface area contributed by atoms with Gasteiger partial charge >= 0.3 is 0 Å². The van der Waals surface area contributed by atoms with Crippen molar-refractivity contribution in [1.29, 1.82) is 0 Å². The fourth-order valence-corrected chi connectivity index (χ4v) is 3.83. The zero-order valence-electron chi connectivity index (χ0n) is 11.3. The number of hydrogen-bond acceptors (Lipinski definition) is 5. The summed E-state index contributed by atoms with van der Waals surface area (Å²) >= 11 is 2.98. The number of thiazole rings is 1. The van der Waals surface area contributed by atoms with Gasteiger partial charge in [0.25, 0.3) is 5.91 Å². The van der Waals surface area contributed by atoms with Gasteiger partial charge in [0, 0.05) is 22.8 Å². The number of nitrogens with one attached hydrogen (secondary N) is 2. The lowest BCUT2D eigenvalue weighted by Crippen LogP contribution is -2.11. The van der Waals surface area contributed by atoms with Crippen molar-refractivity contribution in [3.63, 3.8) is 0 Å². The molecule has 0 bridgehead atoms. The highest BCUT2D eigenvalue weighted by Gasteiger charge is 2.17. The van der Waals surface area contributed by atoms with Crippen molar-refractivity contribution in [2.75, 3.05) is 5.32 Å². The maximum absolute atomic E-state index is 12.3. The van der Waals surface area contributed by atoms with Crippen LogP contribution in [0.25, 0.3) is 15.3 Å². The number of rotatable bonds is 2. The summed E-state index contributed by atoms with van der Waals surface area (Å²) in [6.07, 6.45) is 1.96. The number of fused-ring (bicyclic) bond motifs is 3. The Morgan fingerprint density at radius 1 is 1.43 bits per heavy atom. The average Bonchev–Trinajstić information content (AvgIpc) is 3.16. The van der Waals surface area contributed by atoms with E-state index >= 15 is 0 Å². The van der Waals surface area contributed by atoms with E-state index in [2.05, 4.69) is 20.5 Å². The molecule has 0 fully saturated rings. The van der Waals surface area contributed by atoms with Crippen molar-refractivity contribution in [2.24, 2.45) is 0 Å². The number of carbonyl (C=O) groups excluding carboxylic acids is 1. The van der Waals surface area contributed by atoms with Crippen LogP contribution in [0.1, 0.15) is 20.9 Å². The number of carbonyl (C=O) groups is 1. The minimum Gasteiger partial charge on any atom is -0.304 e. The number of aromatic amines is 1. The minimum atomic E-state index is -0.156. The van der Waals surface area contributed by atoms with Crippen molar-refractivity contribution in [1.82, 2.24) is 19.6 Å². The van der Waals surface area contributed by atoms with Crippen LogP contribution in [0.2, 0.25) is 0 Å². The first-order valence-electron chi connectivity index (χ1n) is 6.31. The smallest absolute Gasteiger partial charge is 0.267 e. The van der Waals surface area contributed by atoms with Gasteiger partial charge in [-0.15, -0.1) is 22.7 Å². The summed E-state index contributed by atoms with van der Waals surface area (Å²) in [5, 5.41) is 11.8. The van der Waals surface area contributed by atoms with E-state index < -0.39 is 0 Å². The third-order valence-electron chi connectivity index (χ3n) is 3.45. The molecule has 8 heteroatoms. The molecule has 4 aromatic rings. The third-order valence-corrected chi connectivity index (χ3v) is 5.22. The molecule has 106 valence electrons. The Morgan fingerprint density at radius 2 is 2.29 bits per heavy atom. The summed E-state index contributed by atoms with van der Waals surface area (Å²) in [4.78, 5) is 19.3. The Kier molecular flexibility index (Phi) is 2.63. The van der Waals surface area contributed by atoms with Crippen molar-refractivity contribution >= 4 is 49.7 Å². The number of anilines is 1. The maximum atomic E-state index is 12.3. The van der Waals surface area contributed by atoms with E-state index in [4.69, 9.17) is 0 Å². The summed E-state index contributed by atoms with van der Waals surface area (Å²) in [6.45, 7) is 3.84.